The first kappa shape index (κ1) is 14.9. The van der Waals surface area contributed by atoms with E-state index >= 15 is 0 Å². The second-order valence-corrected chi connectivity index (χ2v) is 5.85. The lowest BCUT2D eigenvalue weighted by molar-refractivity contribution is 0.0696. The lowest BCUT2D eigenvalue weighted by Crippen LogP contribution is -2.20. The number of aromatic nitrogens is 3. The Morgan fingerprint density at radius 1 is 1.29 bits per heavy atom. The molecule has 0 atom stereocenters. The van der Waals surface area contributed by atoms with Crippen molar-refractivity contribution in [3.63, 3.8) is 0 Å². The number of benzene rings is 1. The Bertz CT molecular complexity index is 666. The molecule has 1 N–H and O–H groups in total. The third kappa shape index (κ3) is 3.16. The zero-order valence-corrected chi connectivity index (χ0v) is 12.2. The van der Waals surface area contributed by atoms with Crippen molar-refractivity contribution in [3.8, 4) is 0 Å². The molecule has 0 unspecified atom stereocenters. The molecule has 1 heterocycles. The predicted molar refractivity (Wildman–Crippen MR) is 76.6 cm³/mol. The summed E-state index contributed by atoms with van der Waals surface area (Å²) in [6.07, 6.45) is 0.706. The number of carbonyl (C=O) groups is 2. The van der Waals surface area contributed by atoms with Crippen LogP contribution < -0.4 is 0 Å². The Morgan fingerprint density at radius 2 is 1.90 bits per heavy atom. The highest BCUT2D eigenvalue weighted by Gasteiger charge is 2.25. The first-order valence-electron chi connectivity index (χ1n) is 6.54. The van der Waals surface area contributed by atoms with Crippen LogP contribution in [-0.4, -0.2) is 32.4 Å². The Labute approximate surface area is 122 Å². The minimum Gasteiger partial charge on any atom is -0.478 e. The normalized spacial score (nSPS) is 11.4. The molecule has 0 aliphatic heterocycles. The van der Waals surface area contributed by atoms with Crippen molar-refractivity contribution >= 4 is 12.3 Å². The molecule has 0 saturated heterocycles. The summed E-state index contributed by atoms with van der Waals surface area (Å²) in [4.78, 5) is 21.9. The standard InChI is InChI=1S/C15H17N3O3/c1-15(2,3)13-12(9-19)16-17-18(13)8-10-4-6-11(7-5-10)14(20)21/h4-7,9H,8H2,1-3H3,(H,20,21). The van der Waals surface area contributed by atoms with E-state index in [9.17, 15) is 9.59 Å². The van der Waals surface area contributed by atoms with E-state index in [-0.39, 0.29) is 11.0 Å². The van der Waals surface area contributed by atoms with Gasteiger partial charge in [-0.3, -0.25) is 4.79 Å². The van der Waals surface area contributed by atoms with Crippen molar-refractivity contribution in [2.24, 2.45) is 0 Å². The van der Waals surface area contributed by atoms with Crippen LogP contribution in [0.5, 0.6) is 0 Å². The van der Waals surface area contributed by atoms with E-state index in [1.807, 2.05) is 20.8 Å². The van der Waals surface area contributed by atoms with Gasteiger partial charge in [0.05, 0.1) is 17.8 Å². The monoisotopic (exact) mass is 287 g/mol. The Hall–Kier alpha value is -2.50. The first-order valence-corrected chi connectivity index (χ1v) is 6.54. The largest absolute Gasteiger partial charge is 0.478 e. The molecule has 6 nitrogen and oxygen atoms in total. The fourth-order valence-electron chi connectivity index (χ4n) is 2.21. The predicted octanol–water partition coefficient (Wildman–Crippen LogP) is 2.13. The number of carbonyl (C=O) groups excluding carboxylic acids is 1. The smallest absolute Gasteiger partial charge is 0.335 e. The van der Waals surface area contributed by atoms with Crippen molar-refractivity contribution in [1.29, 1.82) is 0 Å². The zero-order chi connectivity index (χ0) is 15.6. The number of rotatable bonds is 4. The van der Waals surface area contributed by atoms with Gasteiger partial charge in [-0.05, 0) is 17.7 Å². The Morgan fingerprint density at radius 3 is 2.38 bits per heavy atom. The quantitative estimate of drug-likeness (QED) is 0.871. The molecule has 0 fully saturated rings. The van der Waals surface area contributed by atoms with Crippen LogP contribution in [0, 0.1) is 0 Å². The van der Waals surface area contributed by atoms with E-state index in [0.717, 1.165) is 11.3 Å². The maximum atomic E-state index is 11.1. The van der Waals surface area contributed by atoms with E-state index in [0.29, 0.717) is 18.5 Å². The number of aldehydes is 1. The zero-order valence-electron chi connectivity index (χ0n) is 12.2. The fraction of sp³-hybridized carbons (Fsp3) is 0.333. The first-order chi connectivity index (χ1) is 9.82. The summed E-state index contributed by atoms with van der Waals surface area (Å²) in [6.45, 7) is 6.40. The second kappa shape index (κ2) is 5.47. The molecule has 0 saturated carbocycles. The van der Waals surface area contributed by atoms with Gasteiger partial charge in [-0.1, -0.05) is 38.1 Å². The molecule has 110 valence electrons. The van der Waals surface area contributed by atoms with Crippen LogP contribution >= 0.6 is 0 Å². The number of hydrogen-bond acceptors (Lipinski definition) is 4. The highest BCUT2D eigenvalue weighted by Crippen LogP contribution is 2.24. The molecule has 0 aliphatic rings. The average Bonchev–Trinajstić information content (AvgIpc) is 2.82. The van der Waals surface area contributed by atoms with Crippen molar-refractivity contribution < 1.29 is 14.7 Å². The summed E-state index contributed by atoms with van der Waals surface area (Å²) in [5.74, 6) is -0.957. The molecule has 21 heavy (non-hydrogen) atoms. The lowest BCUT2D eigenvalue weighted by atomic mass is 9.90. The minimum absolute atomic E-state index is 0.238. The van der Waals surface area contributed by atoms with Gasteiger partial charge in [0.2, 0.25) is 0 Å². The summed E-state index contributed by atoms with van der Waals surface area (Å²) in [5.41, 5.74) is 1.97. The summed E-state index contributed by atoms with van der Waals surface area (Å²) < 4.78 is 1.68. The highest BCUT2D eigenvalue weighted by molar-refractivity contribution is 5.87. The molecule has 1 aromatic carbocycles. The molecule has 0 bridgehead atoms. The van der Waals surface area contributed by atoms with Crippen LogP contribution in [-0.2, 0) is 12.0 Å². The van der Waals surface area contributed by atoms with Crippen molar-refractivity contribution in [2.75, 3.05) is 0 Å². The Kier molecular flexibility index (Phi) is 3.88. The van der Waals surface area contributed by atoms with Crippen molar-refractivity contribution in [1.82, 2.24) is 15.0 Å². The van der Waals surface area contributed by atoms with E-state index in [1.54, 1.807) is 28.9 Å². The second-order valence-electron chi connectivity index (χ2n) is 5.85. The van der Waals surface area contributed by atoms with Gasteiger partial charge in [-0.15, -0.1) is 5.10 Å². The van der Waals surface area contributed by atoms with Crippen molar-refractivity contribution in [2.45, 2.75) is 32.7 Å². The third-order valence-corrected chi connectivity index (χ3v) is 3.12. The molecule has 0 amide bonds. The molecule has 2 aromatic rings. The molecule has 2 rings (SSSR count). The number of carboxylic acid groups (broad SMARTS) is 1. The van der Waals surface area contributed by atoms with E-state index in [4.69, 9.17) is 5.11 Å². The van der Waals surface area contributed by atoms with Crippen LogP contribution in [0.25, 0.3) is 0 Å². The molecule has 0 aliphatic carbocycles. The molecular formula is C15H17N3O3. The van der Waals surface area contributed by atoms with Crippen LogP contribution in [0.2, 0.25) is 0 Å². The fourth-order valence-corrected chi connectivity index (χ4v) is 2.21. The topological polar surface area (TPSA) is 85.1 Å². The van der Waals surface area contributed by atoms with Gasteiger partial charge >= 0.3 is 5.97 Å². The summed E-state index contributed by atoms with van der Waals surface area (Å²) in [5, 5.41) is 16.8. The van der Waals surface area contributed by atoms with Gasteiger partial charge in [0.1, 0.15) is 5.69 Å². The van der Waals surface area contributed by atoms with Crippen LogP contribution in [0.3, 0.4) is 0 Å². The molecule has 0 spiro atoms. The maximum Gasteiger partial charge on any atom is 0.335 e. The number of aromatic carboxylic acids is 1. The lowest BCUT2D eigenvalue weighted by Gasteiger charge is -2.20. The highest BCUT2D eigenvalue weighted by atomic mass is 16.4. The van der Waals surface area contributed by atoms with Gasteiger partial charge in [0, 0.05) is 5.41 Å². The van der Waals surface area contributed by atoms with Crippen molar-refractivity contribution in [3.05, 3.63) is 46.8 Å². The van der Waals surface area contributed by atoms with E-state index < -0.39 is 5.97 Å². The Balaban J connectivity index is 2.33. The number of carboxylic acids is 1. The molecule has 1 aromatic heterocycles. The van der Waals surface area contributed by atoms with Gasteiger partial charge in [-0.2, -0.15) is 0 Å². The van der Waals surface area contributed by atoms with Crippen LogP contribution in [0.4, 0.5) is 0 Å². The minimum atomic E-state index is -0.957. The van der Waals surface area contributed by atoms with Gasteiger partial charge < -0.3 is 5.11 Å². The van der Waals surface area contributed by atoms with E-state index in [2.05, 4.69) is 10.3 Å². The van der Waals surface area contributed by atoms with Gasteiger partial charge in [0.15, 0.2) is 6.29 Å². The maximum absolute atomic E-state index is 11.1. The molecule has 0 radical (unpaired) electrons. The van der Waals surface area contributed by atoms with Crippen LogP contribution in [0.1, 0.15) is 52.9 Å². The third-order valence-electron chi connectivity index (χ3n) is 3.12. The van der Waals surface area contributed by atoms with E-state index in [1.165, 1.54) is 0 Å². The summed E-state index contributed by atoms with van der Waals surface area (Å²) in [7, 11) is 0. The summed E-state index contributed by atoms with van der Waals surface area (Å²) >= 11 is 0. The van der Waals surface area contributed by atoms with Gasteiger partial charge in [-0.25, -0.2) is 9.48 Å². The average molecular weight is 287 g/mol. The van der Waals surface area contributed by atoms with Crippen LogP contribution in [0.15, 0.2) is 24.3 Å². The molecular weight excluding hydrogens is 270 g/mol. The summed E-state index contributed by atoms with van der Waals surface area (Å²) in [6, 6.07) is 6.56. The van der Waals surface area contributed by atoms with Gasteiger partial charge in [0.25, 0.3) is 0 Å². The molecule has 6 heteroatoms. The SMILES string of the molecule is CC(C)(C)c1c(C=O)nnn1Cc1ccc(C(=O)O)cc1. The number of nitrogens with zero attached hydrogens (tertiary/aromatic N) is 3. The number of hydrogen-bond donors (Lipinski definition) is 1.